The van der Waals surface area contributed by atoms with Crippen LogP contribution in [0.25, 0.3) is 0 Å². The molecule has 3 amide bonds. The molecule has 1 aliphatic rings. The number of carbonyl (C=O) groups is 2. The van der Waals surface area contributed by atoms with Crippen LogP contribution in [0, 0.1) is 17.1 Å². The average molecular weight is 415 g/mol. The van der Waals surface area contributed by atoms with Crippen LogP contribution in [-0.2, 0) is 20.2 Å². The molecule has 1 unspecified atom stereocenters. The smallest absolute Gasteiger partial charge is 0.319 e. The number of rotatable bonds is 6. The molecule has 0 radical (unpaired) electrons. The summed E-state index contributed by atoms with van der Waals surface area (Å²) in [7, 11) is -3.66. The highest BCUT2D eigenvalue weighted by Gasteiger charge is 2.48. The van der Waals surface area contributed by atoms with Crippen LogP contribution in [0.1, 0.15) is 24.5 Å². The molecule has 0 spiro atoms. The van der Waals surface area contributed by atoms with Gasteiger partial charge < -0.3 is 5.32 Å². The topological polar surface area (TPSA) is 107 Å². The number of nitrogens with zero attached hydrogens (tertiary/aromatic N) is 2. The van der Waals surface area contributed by atoms with Crippen molar-refractivity contribution < 1.29 is 22.4 Å². The molecule has 7 nitrogen and oxygen atoms in total. The zero-order valence-corrected chi connectivity index (χ0v) is 16.4. The molecule has 1 heterocycles. The molecule has 2 aromatic carbocycles. The molecule has 2 aromatic rings. The van der Waals surface area contributed by atoms with Gasteiger partial charge in [0, 0.05) is 6.54 Å². The number of nitriles is 1. The van der Waals surface area contributed by atoms with Gasteiger partial charge in [0.2, 0.25) is 0 Å². The maximum absolute atomic E-state index is 13.0. The van der Waals surface area contributed by atoms with E-state index in [9.17, 15) is 22.4 Å². The van der Waals surface area contributed by atoms with E-state index in [2.05, 4.69) is 5.32 Å². The molecule has 1 N–H and O–H groups in total. The summed E-state index contributed by atoms with van der Waals surface area (Å²) < 4.78 is 37.6. The molecular formula is C20H18FN3O4S. The van der Waals surface area contributed by atoms with Gasteiger partial charge in [-0.1, -0.05) is 12.1 Å². The highest BCUT2D eigenvalue weighted by atomic mass is 32.2. The van der Waals surface area contributed by atoms with Gasteiger partial charge in [-0.05, 0) is 55.3 Å². The van der Waals surface area contributed by atoms with Crippen LogP contribution >= 0.6 is 0 Å². The van der Waals surface area contributed by atoms with E-state index < -0.39 is 33.1 Å². The third-order valence-corrected chi connectivity index (χ3v) is 6.65. The molecule has 0 saturated carbocycles. The van der Waals surface area contributed by atoms with Gasteiger partial charge in [0.25, 0.3) is 5.91 Å². The summed E-state index contributed by atoms with van der Waals surface area (Å²) in [4.78, 5) is 26.1. The van der Waals surface area contributed by atoms with Crippen LogP contribution in [0.15, 0.2) is 53.4 Å². The van der Waals surface area contributed by atoms with Crippen LogP contribution in [0.5, 0.6) is 0 Å². The Bertz CT molecular complexity index is 1090. The maximum atomic E-state index is 13.0. The molecule has 9 heteroatoms. The minimum atomic E-state index is -3.66. The standard InChI is InChI=1S/C20H18FN3O4S/c1-20(15-5-3-14(13-22)4-6-15)18(25)24(19(26)23-20)11-2-12-29(27,28)17-9-7-16(21)8-10-17/h3-10H,2,11-12H2,1H3,(H,23,26). The van der Waals surface area contributed by atoms with Gasteiger partial charge in [-0.3, -0.25) is 9.69 Å². The first-order valence-corrected chi connectivity index (χ1v) is 10.5. The first-order valence-electron chi connectivity index (χ1n) is 8.80. The second-order valence-electron chi connectivity index (χ2n) is 6.83. The van der Waals surface area contributed by atoms with E-state index in [0.717, 1.165) is 17.0 Å². The molecule has 0 bridgehead atoms. The Morgan fingerprint density at radius 2 is 1.72 bits per heavy atom. The van der Waals surface area contributed by atoms with Crippen molar-refractivity contribution in [2.75, 3.05) is 12.3 Å². The number of nitrogens with one attached hydrogen (secondary N) is 1. The summed E-state index contributed by atoms with van der Waals surface area (Å²) in [6, 6.07) is 12.2. The SMILES string of the molecule is CC1(c2ccc(C#N)cc2)NC(=O)N(CCCS(=O)(=O)c2ccc(F)cc2)C1=O. The van der Waals surface area contributed by atoms with Crippen LogP contribution in [0.2, 0.25) is 0 Å². The van der Waals surface area contributed by atoms with Crippen molar-refractivity contribution in [3.63, 3.8) is 0 Å². The van der Waals surface area contributed by atoms with Gasteiger partial charge in [0.1, 0.15) is 11.4 Å². The van der Waals surface area contributed by atoms with Crippen LogP contribution < -0.4 is 5.32 Å². The van der Waals surface area contributed by atoms with Crippen molar-refractivity contribution in [3.05, 3.63) is 65.5 Å². The van der Waals surface area contributed by atoms with Crippen LogP contribution in [-0.4, -0.2) is 37.6 Å². The Kier molecular flexibility index (Phi) is 5.40. The van der Waals surface area contributed by atoms with Crippen molar-refractivity contribution in [1.82, 2.24) is 10.2 Å². The second kappa shape index (κ2) is 7.64. The van der Waals surface area contributed by atoms with Crippen molar-refractivity contribution in [1.29, 1.82) is 5.26 Å². The van der Waals surface area contributed by atoms with Crippen molar-refractivity contribution in [3.8, 4) is 6.07 Å². The largest absolute Gasteiger partial charge is 0.325 e. The predicted molar refractivity (Wildman–Crippen MR) is 102 cm³/mol. The molecule has 3 rings (SSSR count). The van der Waals surface area contributed by atoms with E-state index in [-0.39, 0.29) is 23.6 Å². The number of carbonyl (C=O) groups excluding carboxylic acids is 2. The minimum Gasteiger partial charge on any atom is -0.319 e. The van der Waals surface area contributed by atoms with E-state index in [1.807, 2.05) is 6.07 Å². The molecule has 1 aliphatic heterocycles. The number of hydrogen-bond acceptors (Lipinski definition) is 5. The van der Waals surface area contributed by atoms with Gasteiger partial charge in [0.15, 0.2) is 9.84 Å². The average Bonchev–Trinajstić information content (AvgIpc) is 2.92. The van der Waals surface area contributed by atoms with Crippen molar-refractivity contribution >= 4 is 21.8 Å². The highest BCUT2D eigenvalue weighted by molar-refractivity contribution is 7.91. The summed E-state index contributed by atoms with van der Waals surface area (Å²) in [5, 5.41) is 11.5. The van der Waals surface area contributed by atoms with Crippen molar-refractivity contribution in [2.24, 2.45) is 0 Å². The maximum Gasteiger partial charge on any atom is 0.325 e. The van der Waals surface area contributed by atoms with Gasteiger partial charge >= 0.3 is 6.03 Å². The second-order valence-corrected chi connectivity index (χ2v) is 8.94. The fourth-order valence-electron chi connectivity index (χ4n) is 3.15. The molecular weight excluding hydrogens is 397 g/mol. The van der Waals surface area contributed by atoms with E-state index in [1.165, 1.54) is 12.1 Å². The van der Waals surface area contributed by atoms with Gasteiger partial charge in [-0.15, -0.1) is 0 Å². The minimum absolute atomic E-state index is 0.0153. The molecule has 29 heavy (non-hydrogen) atoms. The zero-order valence-electron chi connectivity index (χ0n) is 15.6. The quantitative estimate of drug-likeness (QED) is 0.576. The summed E-state index contributed by atoms with van der Waals surface area (Å²) in [5.41, 5.74) is -0.339. The van der Waals surface area contributed by atoms with E-state index in [0.29, 0.717) is 11.1 Å². The van der Waals surface area contributed by atoms with Gasteiger partial charge in [-0.2, -0.15) is 5.26 Å². The highest BCUT2D eigenvalue weighted by Crippen LogP contribution is 2.29. The summed E-state index contributed by atoms with van der Waals surface area (Å²) in [5.74, 6) is -1.32. The fraction of sp³-hybridized carbons (Fsp3) is 0.250. The molecule has 1 atom stereocenters. The van der Waals surface area contributed by atoms with Gasteiger partial charge in [0.05, 0.1) is 22.3 Å². The van der Waals surface area contributed by atoms with Crippen LogP contribution in [0.4, 0.5) is 9.18 Å². The Labute approximate surface area is 167 Å². The Morgan fingerprint density at radius 3 is 2.31 bits per heavy atom. The number of urea groups is 1. The number of amides is 3. The lowest BCUT2D eigenvalue weighted by Gasteiger charge is -2.22. The zero-order chi connectivity index (χ0) is 21.2. The first kappa shape index (κ1) is 20.5. The summed E-state index contributed by atoms with van der Waals surface area (Å²) in [6.07, 6.45) is 0.0440. The van der Waals surface area contributed by atoms with E-state index in [1.54, 1.807) is 31.2 Å². The number of hydrogen-bond donors (Lipinski definition) is 1. The first-order chi connectivity index (χ1) is 13.7. The van der Waals surface area contributed by atoms with Crippen molar-refractivity contribution in [2.45, 2.75) is 23.8 Å². The number of benzene rings is 2. The lowest BCUT2D eigenvalue weighted by atomic mass is 9.91. The third-order valence-electron chi connectivity index (χ3n) is 4.83. The molecule has 1 saturated heterocycles. The number of sulfone groups is 1. The van der Waals surface area contributed by atoms with E-state index >= 15 is 0 Å². The van der Waals surface area contributed by atoms with Crippen LogP contribution in [0.3, 0.4) is 0 Å². The molecule has 150 valence electrons. The lowest BCUT2D eigenvalue weighted by Crippen LogP contribution is -2.41. The number of halogens is 1. The van der Waals surface area contributed by atoms with Gasteiger partial charge in [-0.25, -0.2) is 17.6 Å². The molecule has 0 aromatic heterocycles. The third kappa shape index (κ3) is 3.98. The number of imide groups is 1. The fourth-order valence-corrected chi connectivity index (χ4v) is 4.44. The summed E-state index contributed by atoms with van der Waals surface area (Å²) >= 11 is 0. The van der Waals surface area contributed by atoms with E-state index in [4.69, 9.17) is 5.26 Å². The Morgan fingerprint density at radius 1 is 1.10 bits per heavy atom. The summed E-state index contributed by atoms with van der Waals surface area (Å²) in [6.45, 7) is 1.49. The monoisotopic (exact) mass is 415 g/mol. The lowest BCUT2D eigenvalue weighted by molar-refractivity contribution is -0.131. The molecule has 1 fully saturated rings. The normalized spacial score (nSPS) is 19.1. The Balaban J connectivity index is 1.68. The Hall–Kier alpha value is -3.25. The predicted octanol–water partition coefficient (Wildman–Crippen LogP) is 2.33. The molecule has 0 aliphatic carbocycles.